The first-order valence-corrected chi connectivity index (χ1v) is 8.03. The number of aromatic nitrogens is 1. The van der Waals surface area contributed by atoms with Crippen molar-refractivity contribution in [3.05, 3.63) is 53.8 Å². The van der Waals surface area contributed by atoms with Crippen molar-refractivity contribution in [2.24, 2.45) is 10.7 Å². The molecule has 0 bridgehead atoms. The molecular weight excluding hydrogens is 316 g/mol. The second-order valence-corrected chi connectivity index (χ2v) is 6.15. The molecule has 0 amide bonds. The van der Waals surface area contributed by atoms with Gasteiger partial charge in [-0.3, -0.25) is 0 Å². The van der Waals surface area contributed by atoms with Gasteiger partial charge in [0.15, 0.2) is 11.8 Å². The van der Waals surface area contributed by atoms with E-state index < -0.39 is 0 Å². The Labute approximate surface area is 146 Å². The number of nitrogens with zero attached hydrogens (tertiary/aromatic N) is 3. The Bertz CT molecular complexity index is 915. The molecule has 0 aliphatic heterocycles. The second-order valence-electron chi connectivity index (χ2n) is 6.15. The lowest BCUT2D eigenvalue weighted by Gasteiger charge is -2.10. The zero-order chi connectivity index (χ0) is 18.0. The molecule has 0 saturated heterocycles. The average Bonchev–Trinajstić information content (AvgIpc) is 3.08. The summed E-state index contributed by atoms with van der Waals surface area (Å²) in [5, 5.41) is 6.27. The lowest BCUT2D eigenvalue weighted by molar-refractivity contribution is 0.377. The van der Waals surface area contributed by atoms with Crippen molar-refractivity contribution in [3.63, 3.8) is 0 Å². The first kappa shape index (κ1) is 16.8. The van der Waals surface area contributed by atoms with Gasteiger partial charge in [-0.1, -0.05) is 36.3 Å². The van der Waals surface area contributed by atoms with E-state index in [9.17, 15) is 0 Å². The monoisotopic (exact) mass is 338 g/mol. The van der Waals surface area contributed by atoms with E-state index in [1.54, 1.807) is 12.0 Å². The summed E-state index contributed by atoms with van der Waals surface area (Å²) in [5.74, 6) is 2.51. The average molecular weight is 338 g/mol. The summed E-state index contributed by atoms with van der Waals surface area (Å²) in [7, 11) is 5.32. The Morgan fingerprint density at radius 2 is 1.88 bits per heavy atom. The quantitative estimate of drug-likeness (QED) is 0.582. The highest BCUT2D eigenvalue weighted by atomic mass is 16.5. The molecule has 1 atom stereocenters. The van der Waals surface area contributed by atoms with Crippen molar-refractivity contribution in [2.45, 2.75) is 12.8 Å². The van der Waals surface area contributed by atoms with E-state index in [2.05, 4.69) is 41.3 Å². The van der Waals surface area contributed by atoms with Crippen molar-refractivity contribution >= 4 is 22.5 Å². The van der Waals surface area contributed by atoms with Crippen molar-refractivity contribution < 1.29 is 9.26 Å². The van der Waals surface area contributed by atoms with Gasteiger partial charge in [-0.2, -0.15) is 4.99 Å². The van der Waals surface area contributed by atoms with Crippen LogP contribution in [0.15, 0.2) is 52.0 Å². The van der Waals surface area contributed by atoms with Crippen LogP contribution in [-0.4, -0.2) is 37.2 Å². The number of benzene rings is 2. The molecular formula is C19H22N4O2. The first-order valence-electron chi connectivity index (χ1n) is 8.03. The van der Waals surface area contributed by atoms with Crippen molar-refractivity contribution in [3.8, 4) is 5.75 Å². The van der Waals surface area contributed by atoms with Crippen molar-refractivity contribution in [2.75, 3.05) is 21.2 Å². The molecule has 0 fully saturated rings. The van der Waals surface area contributed by atoms with Crippen LogP contribution < -0.4 is 10.5 Å². The van der Waals surface area contributed by atoms with Crippen LogP contribution in [0.25, 0.3) is 10.8 Å². The molecule has 1 unspecified atom stereocenters. The Hall–Kier alpha value is -3.02. The van der Waals surface area contributed by atoms with Gasteiger partial charge in [0.2, 0.25) is 0 Å². The first-order chi connectivity index (χ1) is 12.0. The molecule has 6 heteroatoms. The van der Waals surface area contributed by atoms with Crippen LogP contribution in [0.2, 0.25) is 0 Å². The predicted octanol–water partition coefficient (Wildman–Crippen LogP) is 3.50. The van der Waals surface area contributed by atoms with Gasteiger partial charge < -0.3 is 19.9 Å². The molecule has 1 aromatic heterocycles. The molecule has 3 aromatic rings. The minimum absolute atomic E-state index is 0.0588. The van der Waals surface area contributed by atoms with E-state index in [0.29, 0.717) is 11.8 Å². The number of guanidine groups is 1. The fraction of sp³-hybridized carbons (Fsp3) is 0.263. The van der Waals surface area contributed by atoms with Crippen LogP contribution >= 0.6 is 0 Å². The van der Waals surface area contributed by atoms with Gasteiger partial charge in [-0.15, -0.1) is 0 Å². The van der Waals surface area contributed by atoms with E-state index >= 15 is 0 Å². The fourth-order valence-corrected chi connectivity index (χ4v) is 2.56. The number of ether oxygens (including phenoxy) is 1. The van der Waals surface area contributed by atoms with Crippen LogP contribution in [0.4, 0.5) is 5.82 Å². The molecule has 0 aliphatic carbocycles. The summed E-state index contributed by atoms with van der Waals surface area (Å²) in [6, 6.07) is 14.2. The van der Waals surface area contributed by atoms with E-state index in [-0.39, 0.29) is 5.92 Å². The van der Waals surface area contributed by atoms with Gasteiger partial charge in [-0.05, 0) is 28.5 Å². The number of nitrogens with two attached hydrogens (primary N) is 1. The standard InChI is InChI=1S/C19H22N4O2/c1-12(17-11-18(22-25-17)21-19(20)23(2)3)13-5-6-15-10-16(24-4)8-7-14(15)9-13/h5-12H,1-4H3,(H2,20,21,22). The van der Waals surface area contributed by atoms with Gasteiger partial charge in [0.1, 0.15) is 11.5 Å². The SMILES string of the molecule is COc1ccc2cc(C(C)c3cc(N=C(N)N(C)C)no3)ccc2c1. The molecule has 3 rings (SSSR count). The lowest BCUT2D eigenvalue weighted by atomic mass is 9.96. The zero-order valence-corrected chi connectivity index (χ0v) is 14.9. The third-order valence-electron chi connectivity index (χ3n) is 4.20. The topological polar surface area (TPSA) is 76.9 Å². The summed E-state index contributed by atoms with van der Waals surface area (Å²) in [6.07, 6.45) is 0. The molecule has 2 N–H and O–H groups in total. The Balaban J connectivity index is 1.88. The van der Waals surface area contributed by atoms with Gasteiger partial charge in [0, 0.05) is 26.1 Å². The highest BCUT2D eigenvalue weighted by Gasteiger charge is 2.15. The van der Waals surface area contributed by atoms with Crippen molar-refractivity contribution in [1.29, 1.82) is 0 Å². The summed E-state index contributed by atoms with van der Waals surface area (Å²) in [5.41, 5.74) is 6.96. The number of hydrogen-bond acceptors (Lipinski definition) is 4. The van der Waals surface area contributed by atoms with Gasteiger partial charge in [0.25, 0.3) is 0 Å². The van der Waals surface area contributed by atoms with Gasteiger partial charge in [0.05, 0.1) is 7.11 Å². The Morgan fingerprint density at radius 1 is 1.16 bits per heavy atom. The minimum Gasteiger partial charge on any atom is -0.497 e. The molecule has 0 radical (unpaired) electrons. The maximum Gasteiger partial charge on any atom is 0.198 e. The smallest absolute Gasteiger partial charge is 0.198 e. The van der Waals surface area contributed by atoms with Crippen LogP contribution in [0.1, 0.15) is 24.2 Å². The van der Waals surface area contributed by atoms with Crippen molar-refractivity contribution in [1.82, 2.24) is 10.1 Å². The van der Waals surface area contributed by atoms with E-state index in [1.807, 2.05) is 32.3 Å². The molecule has 130 valence electrons. The number of aliphatic imine (C=N–C) groups is 1. The highest BCUT2D eigenvalue weighted by Crippen LogP contribution is 2.30. The maximum atomic E-state index is 5.81. The third-order valence-corrected chi connectivity index (χ3v) is 4.20. The molecule has 25 heavy (non-hydrogen) atoms. The Morgan fingerprint density at radius 3 is 2.60 bits per heavy atom. The van der Waals surface area contributed by atoms with Crippen LogP contribution in [0.3, 0.4) is 0 Å². The molecule has 0 spiro atoms. The fourth-order valence-electron chi connectivity index (χ4n) is 2.56. The zero-order valence-electron chi connectivity index (χ0n) is 14.9. The van der Waals surface area contributed by atoms with Crippen LogP contribution in [0.5, 0.6) is 5.75 Å². The summed E-state index contributed by atoms with van der Waals surface area (Å²) in [4.78, 5) is 5.94. The summed E-state index contributed by atoms with van der Waals surface area (Å²) < 4.78 is 10.7. The number of rotatable bonds is 4. The normalized spacial score (nSPS) is 13.0. The highest BCUT2D eigenvalue weighted by molar-refractivity contribution is 5.84. The third kappa shape index (κ3) is 3.57. The van der Waals surface area contributed by atoms with E-state index in [1.165, 1.54) is 0 Å². The number of hydrogen-bond donors (Lipinski definition) is 1. The number of methoxy groups -OCH3 is 1. The molecule has 6 nitrogen and oxygen atoms in total. The number of fused-ring (bicyclic) bond motifs is 1. The van der Waals surface area contributed by atoms with Gasteiger partial charge in [-0.25, -0.2) is 0 Å². The molecule has 1 heterocycles. The molecule has 0 aliphatic rings. The molecule has 2 aromatic carbocycles. The summed E-state index contributed by atoms with van der Waals surface area (Å²) in [6.45, 7) is 2.08. The van der Waals surface area contributed by atoms with E-state index in [0.717, 1.165) is 27.8 Å². The summed E-state index contributed by atoms with van der Waals surface area (Å²) >= 11 is 0. The van der Waals surface area contributed by atoms with Gasteiger partial charge >= 0.3 is 0 Å². The predicted molar refractivity (Wildman–Crippen MR) is 99.5 cm³/mol. The Kier molecular flexibility index (Phi) is 4.61. The second kappa shape index (κ2) is 6.84. The minimum atomic E-state index is 0.0588. The molecule has 0 saturated carbocycles. The van der Waals surface area contributed by atoms with E-state index in [4.69, 9.17) is 15.0 Å². The van der Waals surface area contributed by atoms with Crippen LogP contribution in [-0.2, 0) is 0 Å². The maximum absolute atomic E-state index is 5.81. The van der Waals surface area contributed by atoms with Crippen LogP contribution in [0, 0.1) is 0 Å². The largest absolute Gasteiger partial charge is 0.497 e. The lowest BCUT2D eigenvalue weighted by Crippen LogP contribution is -2.29.